The van der Waals surface area contributed by atoms with Crippen LogP contribution in [0.25, 0.3) is 10.9 Å². The summed E-state index contributed by atoms with van der Waals surface area (Å²) in [6.45, 7) is 1.44. The molecule has 2 atom stereocenters. The second-order valence-corrected chi connectivity index (χ2v) is 7.96. The van der Waals surface area contributed by atoms with E-state index in [0.29, 0.717) is 12.1 Å². The number of carbonyl (C=O) groups excluding carboxylic acids is 2. The standard InChI is InChI=1S/C23H26N4O2/c1-26(2)13-12-24-22(28)20-16-9-4-5-10-17(16)23(29)27(3)21(20)18-14-25-19-11-7-6-8-15(18)19/h4-11,14,20-21,25H,12-13H2,1-3H3,(H,24,28)/p+1/t20-,21+/m1/s1. The monoisotopic (exact) mass is 391 g/mol. The lowest BCUT2D eigenvalue weighted by Crippen LogP contribution is -3.06. The zero-order chi connectivity index (χ0) is 20.5. The first-order valence-electron chi connectivity index (χ1n) is 9.98. The maximum Gasteiger partial charge on any atom is 0.254 e. The van der Waals surface area contributed by atoms with Crippen molar-refractivity contribution in [3.05, 3.63) is 71.4 Å². The number of rotatable bonds is 5. The number of nitrogens with one attached hydrogen (secondary N) is 3. The molecule has 0 saturated carbocycles. The van der Waals surface area contributed by atoms with Gasteiger partial charge < -0.3 is 20.1 Å². The van der Waals surface area contributed by atoms with Gasteiger partial charge in [-0.15, -0.1) is 0 Å². The Hall–Kier alpha value is -3.12. The van der Waals surface area contributed by atoms with Crippen molar-refractivity contribution in [2.45, 2.75) is 12.0 Å². The van der Waals surface area contributed by atoms with E-state index in [1.165, 1.54) is 4.90 Å². The van der Waals surface area contributed by atoms with Gasteiger partial charge in [-0.05, 0) is 17.7 Å². The van der Waals surface area contributed by atoms with Crippen LogP contribution in [0.3, 0.4) is 0 Å². The van der Waals surface area contributed by atoms with Gasteiger partial charge in [0.2, 0.25) is 5.91 Å². The summed E-state index contributed by atoms with van der Waals surface area (Å²) in [6.07, 6.45) is 1.93. The molecule has 0 radical (unpaired) electrons. The van der Waals surface area contributed by atoms with Gasteiger partial charge in [0.15, 0.2) is 0 Å². The number of H-pyrrole nitrogens is 1. The van der Waals surface area contributed by atoms with Gasteiger partial charge in [-0.3, -0.25) is 9.59 Å². The number of nitrogens with zero attached hydrogens (tertiary/aromatic N) is 1. The first kappa shape index (κ1) is 19.2. The predicted molar refractivity (Wildman–Crippen MR) is 113 cm³/mol. The summed E-state index contributed by atoms with van der Waals surface area (Å²) in [4.78, 5) is 32.7. The fourth-order valence-electron chi connectivity index (χ4n) is 4.23. The molecule has 6 heteroatoms. The van der Waals surface area contributed by atoms with Gasteiger partial charge in [0.1, 0.15) is 0 Å². The van der Waals surface area contributed by atoms with Crippen LogP contribution in [0.1, 0.15) is 33.4 Å². The van der Waals surface area contributed by atoms with Crippen LogP contribution in [0, 0.1) is 0 Å². The number of para-hydroxylation sites is 1. The van der Waals surface area contributed by atoms with Crippen LogP contribution in [0.15, 0.2) is 54.7 Å². The highest BCUT2D eigenvalue weighted by Crippen LogP contribution is 2.43. The van der Waals surface area contributed by atoms with E-state index in [-0.39, 0.29) is 17.9 Å². The highest BCUT2D eigenvalue weighted by Gasteiger charge is 2.43. The third kappa shape index (κ3) is 3.40. The zero-order valence-electron chi connectivity index (χ0n) is 17.0. The van der Waals surface area contributed by atoms with Crippen molar-refractivity contribution < 1.29 is 14.5 Å². The second kappa shape index (κ2) is 7.72. The first-order chi connectivity index (χ1) is 14.0. The SMILES string of the molecule is CN1C(=O)c2ccccc2[C@@H](C(=O)NCC[NH+](C)C)[C@@H]1c1c[nH]c2ccccc12. The predicted octanol–water partition coefficient (Wildman–Crippen LogP) is 1.34. The van der Waals surface area contributed by atoms with Gasteiger partial charge >= 0.3 is 0 Å². The van der Waals surface area contributed by atoms with Gasteiger partial charge in [-0.1, -0.05) is 36.4 Å². The summed E-state index contributed by atoms with van der Waals surface area (Å²) in [6, 6.07) is 15.1. The average Bonchev–Trinajstić information content (AvgIpc) is 3.14. The Labute approximate surface area is 170 Å². The Kier molecular flexibility index (Phi) is 5.11. The van der Waals surface area contributed by atoms with Crippen molar-refractivity contribution >= 4 is 22.7 Å². The number of quaternary nitrogens is 1. The molecule has 1 aromatic heterocycles. The molecule has 0 saturated heterocycles. The number of fused-ring (bicyclic) bond motifs is 2. The number of carbonyl (C=O) groups is 2. The summed E-state index contributed by atoms with van der Waals surface area (Å²) in [7, 11) is 5.90. The van der Waals surface area contributed by atoms with Crippen LogP contribution in [0.5, 0.6) is 0 Å². The van der Waals surface area contributed by atoms with Gasteiger partial charge in [0.05, 0.1) is 39.1 Å². The molecule has 3 N–H and O–H groups in total. The molecule has 2 amide bonds. The van der Waals surface area contributed by atoms with E-state index in [2.05, 4.69) is 24.4 Å². The largest absolute Gasteiger partial charge is 0.361 e. The second-order valence-electron chi connectivity index (χ2n) is 7.96. The molecule has 1 aliphatic heterocycles. The maximum absolute atomic E-state index is 13.4. The van der Waals surface area contributed by atoms with Crippen LogP contribution >= 0.6 is 0 Å². The molecule has 1 aliphatic rings. The fraction of sp³-hybridized carbons (Fsp3) is 0.304. The van der Waals surface area contributed by atoms with E-state index >= 15 is 0 Å². The number of amides is 2. The summed E-state index contributed by atoms with van der Waals surface area (Å²) in [5.74, 6) is -0.573. The van der Waals surface area contributed by atoms with Crippen LogP contribution in [-0.2, 0) is 4.79 Å². The minimum atomic E-state index is -0.467. The molecule has 0 spiro atoms. The minimum absolute atomic E-state index is 0.0478. The van der Waals surface area contributed by atoms with Crippen LogP contribution < -0.4 is 10.2 Å². The van der Waals surface area contributed by atoms with Gasteiger partial charge in [0.25, 0.3) is 5.91 Å². The smallest absolute Gasteiger partial charge is 0.254 e. The Balaban J connectivity index is 1.80. The molecule has 6 nitrogen and oxygen atoms in total. The third-order valence-electron chi connectivity index (χ3n) is 5.73. The summed E-state index contributed by atoms with van der Waals surface area (Å²) in [5.41, 5.74) is 3.35. The van der Waals surface area contributed by atoms with Crippen molar-refractivity contribution in [1.29, 1.82) is 0 Å². The molecule has 4 rings (SSSR count). The quantitative estimate of drug-likeness (QED) is 0.614. The van der Waals surface area contributed by atoms with Crippen molar-refractivity contribution in [1.82, 2.24) is 15.2 Å². The van der Waals surface area contributed by atoms with Crippen molar-refractivity contribution in [3.8, 4) is 0 Å². The first-order valence-corrected chi connectivity index (χ1v) is 9.98. The van der Waals surface area contributed by atoms with Crippen LogP contribution in [-0.4, -0.2) is 55.9 Å². The van der Waals surface area contributed by atoms with Crippen LogP contribution in [0.2, 0.25) is 0 Å². The third-order valence-corrected chi connectivity index (χ3v) is 5.73. The topological polar surface area (TPSA) is 69.6 Å². The van der Waals surface area contributed by atoms with E-state index in [0.717, 1.165) is 28.6 Å². The number of aromatic amines is 1. The van der Waals surface area contributed by atoms with Crippen molar-refractivity contribution in [2.75, 3.05) is 34.2 Å². The van der Waals surface area contributed by atoms with Crippen molar-refractivity contribution in [2.24, 2.45) is 0 Å². The molecule has 0 unspecified atom stereocenters. The molecule has 3 aromatic rings. The Bertz CT molecular complexity index is 1060. The minimum Gasteiger partial charge on any atom is -0.361 e. The molecule has 0 aliphatic carbocycles. The molecular weight excluding hydrogens is 364 g/mol. The van der Waals surface area contributed by atoms with E-state index in [9.17, 15) is 9.59 Å². The Morgan fingerprint density at radius 2 is 1.83 bits per heavy atom. The Morgan fingerprint density at radius 3 is 2.62 bits per heavy atom. The molecule has 2 aromatic carbocycles. The van der Waals surface area contributed by atoms with Gasteiger partial charge in [-0.25, -0.2) is 0 Å². The molecular formula is C23H27N4O2+. The number of hydrogen-bond donors (Lipinski definition) is 3. The normalized spacial score (nSPS) is 18.9. The molecule has 29 heavy (non-hydrogen) atoms. The lowest BCUT2D eigenvalue weighted by molar-refractivity contribution is -0.856. The highest BCUT2D eigenvalue weighted by molar-refractivity contribution is 6.02. The number of hydrogen-bond acceptors (Lipinski definition) is 2. The summed E-state index contributed by atoms with van der Waals surface area (Å²) in [5, 5.41) is 4.13. The van der Waals surface area contributed by atoms with E-state index in [1.54, 1.807) is 11.9 Å². The Morgan fingerprint density at radius 1 is 1.10 bits per heavy atom. The van der Waals surface area contributed by atoms with Crippen molar-refractivity contribution in [3.63, 3.8) is 0 Å². The van der Waals surface area contributed by atoms with E-state index < -0.39 is 5.92 Å². The number of benzene rings is 2. The average molecular weight is 391 g/mol. The summed E-state index contributed by atoms with van der Waals surface area (Å²) < 4.78 is 0. The van der Waals surface area contributed by atoms with Gasteiger partial charge in [0, 0.05) is 35.3 Å². The van der Waals surface area contributed by atoms with Crippen LogP contribution in [0.4, 0.5) is 0 Å². The summed E-state index contributed by atoms with van der Waals surface area (Å²) >= 11 is 0. The lowest BCUT2D eigenvalue weighted by atomic mass is 9.79. The number of likely N-dealkylation sites (N-methyl/N-ethyl adjacent to an activating group) is 2. The maximum atomic E-state index is 13.4. The molecule has 0 bridgehead atoms. The molecule has 2 heterocycles. The lowest BCUT2D eigenvalue weighted by Gasteiger charge is -2.39. The van der Waals surface area contributed by atoms with E-state index in [4.69, 9.17) is 0 Å². The fourth-order valence-corrected chi connectivity index (χ4v) is 4.23. The van der Waals surface area contributed by atoms with Gasteiger partial charge in [-0.2, -0.15) is 0 Å². The molecule has 150 valence electrons. The van der Waals surface area contributed by atoms with E-state index in [1.807, 2.05) is 54.7 Å². The zero-order valence-corrected chi connectivity index (χ0v) is 17.0. The molecule has 0 fully saturated rings. The highest BCUT2D eigenvalue weighted by atomic mass is 16.2. The number of aromatic nitrogens is 1.